The summed E-state index contributed by atoms with van der Waals surface area (Å²) in [5.41, 5.74) is 2.89. The van der Waals surface area contributed by atoms with Gasteiger partial charge in [0.25, 0.3) is 0 Å². The van der Waals surface area contributed by atoms with Crippen LogP contribution in [-0.2, 0) is 6.54 Å². The number of aliphatic imine (C=N–C) groups is 1. The molecule has 0 bridgehead atoms. The topological polar surface area (TPSA) is 18.8 Å². The van der Waals surface area contributed by atoms with Crippen LogP contribution in [-0.4, -0.2) is 35.9 Å². The van der Waals surface area contributed by atoms with Gasteiger partial charge in [-0.1, -0.05) is 24.3 Å². The van der Waals surface area contributed by atoms with Gasteiger partial charge in [0.2, 0.25) is 0 Å². The highest BCUT2D eigenvalue weighted by molar-refractivity contribution is 5.82. The Labute approximate surface area is 96.4 Å². The lowest BCUT2D eigenvalue weighted by atomic mass is 10.1. The van der Waals surface area contributed by atoms with Gasteiger partial charge in [0.1, 0.15) is 0 Å². The first-order valence-corrected chi connectivity index (χ1v) is 5.87. The van der Waals surface area contributed by atoms with Gasteiger partial charge in [-0.15, -0.1) is 0 Å². The minimum Gasteiger partial charge on any atom is -0.344 e. The van der Waals surface area contributed by atoms with Crippen LogP contribution in [0.2, 0.25) is 0 Å². The molecule has 3 nitrogen and oxygen atoms in total. The Morgan fingerprint density at radius 1 is 1.31 bits per heavy atom. The van der Waals surface area contributed by atoms with Gasteiger partial charge in [-0.2, -0.15) is 0 Å². The summed E-state index contributed by atoms with van der Waals surface area (Å²) in [6.07, 6.45) is 0. The molecule has 0 aromatic heterocycles. The summed E-state index contributed by atoms with van der Waals surface area (Å²) in [4.78, 5) is 9.25. The summed E-state index contributed by atoms with van der Waals surface area (Å²) in [6, 6.07) is 9.15. The van der Waals surface area contributed by atoms with E-state index < -0.39 is 0 Å². The van der Waals surface area contributed by atoms with Crippen molar-refractivity contribution in [3.05, 3.63) is 35.4 Å². The van der Waals surface area contributed by atoms with Crippen LogP contribution in [0.1, 0.15) is 24.1 Å². The molecular weight excluding hydrogens is 198 g/mol. The van der Waals surface area contributed by atoms with E-state index in [4.69, 9.17) is 0 Å². The second-order valence-electron chi connectivity index (χ2n) is 4.61. The highest BCUT2D eigenvalue weighted by atomic mass is 15.4. The number of nitrogens with zero attached hydrogens (tertiary/aromatic N) is 3. The van der Waals surface area contributed by atoms with Gasteiger partial charge in [0.15, 0.2) is 5.96 Å². The summed E-state index contributed by atoms with van der Waals surface area (Å²) in [6.45, 7) is 5.25. The number of benzene rings is 1. The molecule has 0 fully saturated rings. The van der Waals surface area contributed by atoms with E-state index in [-0.39, 0.29) is 0 Å². The van der Waals surface area contributed by atoms with Crippen molar-refractivity contribution in [3.8, 4) is 0 Å². The van der Waals surface area contributed by atoms with E-state index in [2.05, 4.69) is 53.0 Å². The van der Waals surface area contributed by atoms with Crippen LogP contribution in [0, 0.1) is 0 Å². The maximum atomic E-state index is 4.60. The van der Waals surface area contributed by atoms with Crippen molar-refractivity contribution in [1.29, 1.82) is 0 Å². The molecule has 16 heavy (non-hydrogen) atoms. The lowest BCUT2D eigenvalue weighted by Crippen LogP contribution is -2.38. The SMILES string of the molecule is CC1c2ccccc2CN1C1=NCCN1C. The molecule has 0 amide bonds. The molecule has 1 aromatic carbocycles. The minimum absolute atomic E-state index is 0.454. The first-order chi connectivity index (χ1) is 7.77. The van der Waals surface area contributed by atoms with Crippen molar-refractivity contribution in [2.75, 3.05) is 20.1 Å². The van der Waals surface area contributed by atoms with Crippen molar-refractivity contribution in [1.82, 2.24) is 9.80 Å². The molecule has 0 aliphatic carbocycles. The molecule has 0 radical (unpaired) electrons. The van der Waals surface area contributed by atoms with Gasteiger partial charge < -0.3 is 9.80 Å². The number of likely N-dealkylation sites (N-methyl/N-ethyl adjacent to an activating group) is 1. The molecule has 2 heterocycles. The van der Waals surface area contributed by atoms with E-state index in [1.807, 2.05) is 0 Å². The third kappa shape index (κ3) is 1.31. The molecule has 2 aliphatic rings. The number of hydrogen-bond acceptors (Lipinski definition) is 3. The summed E-state index contributed by atoms with van der Waals surface area (Å²) in [7, 11) is 2.13. The molecule has 3 heteroatoms. The first-order valence-electron chi connectivity index (χ1n) is 5.87. The Bertz CT molecular complexity index is 439. The van der Waals surface area contributed by atoms with Crippen LogP contribution < -0.4 is 0 Å². The molecule has 1 atom stereocenters. The molecule has 1 aromatic rings. The number of guanidine groups is 1. The normalized spacial score (nSPS) is 23.6. The average molecular weight is 215 g/mol. The maximum Gasteiger partial charge on any atom is 0.197 e. The molecule has 0 saturated heterocycles. The Morgan fingerprint density at radius 3 is 2.81 bits per heavy atom. The highest BCUT2D eigenvalue weighted by Crippen LogP contribution is 2.34. The van der Waals surface area contributed by atoms with E-state index >= 15 is 0 Å². The molecule has 2 aliphatic heterocycles. The van der Waals surface area contributed by atoms with Crippen LogP contribution in [0.4, 0.5) is 0 Å². The first kappa shape index (κ1) is 9.70. The van der Waals surface area contributed by atoms with E-state index in [1.165, 1.54) is 11.1 Å². The maximum absolute atomic E-state index is 4.60. The number of hydrogen-bond donors (Lipinski definition) is 0. The van der Waals surface area contributed by atoms with Crippen LogP contribution in [0.5, 0.6) is 0 Å². The van der Waals surface area contributed by atoms with Crippen molar-refractivity contribution < 1.29 is 0 Å². The lowest BCUT2D eigenvalue weighted by molar-refractivity contribution is 0.323. The molecule has 0 saturated carbocycles. The smallest absolute Gasteiger partial charge is 0.197 e. The van der Waals surface area contributed by atoms with E-state index in [0.717, 1.165) is 25.6 Å². The second kappa shape index (κ2) is 3.51. The zero-order valence-electron chi connectivity index (χ0n) is 9.85. The predicted molar refractivity (Wildman–Crippen MR) is 65.3 cm³/mol. The summed E-state index contributed by atoms with van der Waals surface area (Å²) in [5.74, 6) is 1.16. The Kier molecular flexibility index (Phi) is 2.13. The summed E-state index contributed by atoms with van der Waals surface area (Å²) >= 11 is 0. The standard InChI is InChI=1S/C13H17N3/c1-10-12-6-4-3-5-11(12)9-16(10)13-14-7-8-15(13)2/h3-6,10H,7-9H2,1-2H3. The van der Waals surface area contributed by atoms with Crippen molar-refractivity contribution in [2.45, 2.75) is 19.5 Å². The van der Waals surface area contributed by atoms with Gasteiger partial charge in [0.05, 0.1) is 12.6 Å². The van der Waals surface area contributed by atoms with Crippen molar-refractivity contribution in [3.63, 3.8) is 0 Å². The van der Waals surface area contributed by atoms with E-state index in [1.54, 1.807) is 0 Å². The fraction of sp³-hybridized carbons (Fsp3) is 0.462. The third-order valence-electron chi connectivity index (χ3n) is 3.60. The fourth-order valence-electron chi connectivity index (χ4n) is 2.65. The molecule has 1 unspecified atom stereocenters. The van der Waals surface area contributed by atoms with Crippen molar-refractivity contribution in [2.24, 2.45) is 4.99 Å². The average Bonchev–Trinajstić information content (AvgIpc) is 2.84. The molecule has 84 valence electrons. The lowest BCUT2D eigenvalue weighted by Gasteiger charge is -2.28. The van der Waals surface area contributed by atoms with Gasteiger partial charge in [-0.3, -0.25) is 4.99 Å². The van der Waals surface area contributed by atoms with Crippen LogP contribution in [0.25, 0.3) is 0 Å². The Balaban J connectivity index is 1.92. The predicted octanol–water partition coefficient (Wildman–Crippen LogP) is 1.86. The largest absolute Gasteiger partial charge is 0.344 e. The van der Waals surface area contributed by atoms with Gasteiger partial charge in [-0.05, 0) is 18.1 Å². The summed E-state index contributed by atoms with van der Waals surface area (Å²) in [5, 5.41) is 0. The highest BCUT2D eigenvalue weighted by Gasteiger charge is 2.31. The molecular formula is C13H17N3. The Morgan fingerprint density at radius 2 is 2.12 bits per heavy atom. The third-order valence-corrected chi connectivity index (χ3v) is 3.60. The zero-order valence-corrected chi connectivity index (χ0v) is 9.85. The number of rotatable bonds is 0. The monoisotopic (exact) mass is 215 g/mol. The van der Waals surface area contributed by atoms with Crippen LogP contribution >= 0.6 is 0 Å². The van der Waals surface area contributed by atoms with Gasteiger partial charge in [0, 0.05) is 20.1 Å². The van der Waals surface area contributed by atoms with Gasteiger partial charge in [-0.25, -0.2) is 0 Å². The number of fused-ring (bicyclic) bond motifs is 1. The van der Waals surface area contributed by atoms with E-state index in [0.29, 0.717) is 6.04 Å². The molecule has 0 spiro atoms. The minimum atomic E-state index is 0.454. The van der Waals surface area contributed by atoms with Crippen LogP contribution in [0.3, 0.4) is 0 Å². The second-order valence-corrected chi connectivity index (χ2v) is 4.61. The van der Waals surface area contributed by atoms with E-state index in [9.17, 15) is 0 Å². The molecule has 3 rings (SSSR count). The molecule has 0 N–H and O–H groups in total. The quantitative estimate of drug-likeness (QED) is 0.658. The van der Waals surface area contributed by atoms with Crippen LogP contribution in [0.15, 0.2) is 29.3 Å². The Hall–Kier alpha value is -1.51. The summed E-state index contributed by atoms with van der Waals surface area (Å²) < 4.78 is 0. The van der Waals surface area contributed by atoms with Crippen molar-refractivity contribution >= 4 is 5.96 Å². The van der Waals surface area contributed by atoms with Gasteiger partial charge >= 0.3 is 0 Å². The fourth-order valence-corrected chi connectivity index (χ4v) is 2.65. The zero-order chi connectivity index (χ0) is 11.1.